The predicted molar refractivity (Wildman–Crippen MR) is 113 cm³/mol. The van der Waals surface area contributed by atoms with Gasteiger partial charge >= 0.3 is 6.18 Å². The van der Waals surface area contributed by atoms with Gasteiger partial charge in [0.05, 0.1) is 13.7 Å². The third kappa shape index (κ3) is 6.42. The standard InChI is InChI=1S/C21H32F3N5O/c1-3-25-20(26-14-17-7-8-27(15-17)16-21(22,23)24)29-11-9-28(10-12-29)18-5-4-6-19(13-18)30-2/h4-6,13,17H,3,7-12,14-16H2,1-2H3,(H,25,26). The third-order valence-electron chi connectivity index (χ3n) is 5.60. The molecule has 0 aliphatic carbocycles. The number of nitrogens with one attached hydrogen (secondary N) is 1. The van der Waals surface area contributed by atoms with Gasteiger partial charge in [-0.05, 0) is 37.9 Å². The highest BCUT2D eigenvalue weighted by molar-refractivity contribution is 5.80. The third-order valence-corrected chi connectivity index (χ3v) is 5.60. The molecule has 1 unspecified atom stereocenters. The summed E-state index contributed by atoms with van der Waals surface area (Å²) in [7, 11) is 1.67. The normalized spacial score (nSPS) is 21.2. The van der Waals surface area contributed by atoms with Gasteiger partial charge in [0.1, 0.15) is 5.75 Å². The lowest BCUT2D eigenvalue weighted by Gasteiger charge is -2.38. The fourth-order valence-electron chi connectivity index (χ4n) is 4.08. The van der Waals surface area contributed by atoms with Crippen molar-refractivity contribution in [1.29, 1.82) is 0 Å². The average Bonchev–Trinajstić information content (AvgIpc) is 3.16. The Balaban J connectivity index is 1.53. The monoisotopic (exact) mass is 427 g/mol. The van der Waals surface area contributed by atoms with E-state index in [9.17, 15) is 13.2 Å². The Hall–Kier alpha value is -2.16. The van der Waals surface area contributed by atoms with Crippen LogP contribution in [-0.4, -0.2) is 87.9 Å². The number of methoxy groups -OCH3 is 1. The molecule has 1 N–H and O–H groups in total. The van der Waals surface area contributed by atoms with E-state index in [1.807, 2.05) is 25.1 Å². The van der Waals surface area contributed by atoms with Crippen LogP contribution in [-0.2, 0) is 0 Å². The summed E-state index contributed by atoms with van der Waals surface area (Å²) in [5.41, 5.74) is 1.15. The van der Waals surface area contributed by atoms with Crippen LogP contribution in [0.3, 0.4) is 0 Å². The largest absolute Gasteiger partial charge is 0.497 e. The second kappa shape index (κ2) is 10.2. The van der Waals surface area contributed by atoms with E-state index < -0.39 is 12.7 Å². The van der Waals surface area contributed by atoms with Gasteiger partial charge in [-0.2, -0.15) is 13.2 Å². The number of hydrogen-bond donors (Lipinski definition) is 1. The molecular weight excluding hydrogens is 395 g/mol. The van der Waals surface area contributed by atoms with Gasteiger partial charge in [0.25, 0.3) is 0 Å². The molecule has 3 rings (SSSR count). The van der Waals surface area contributed by atoms with Gasteiger partial charge in [0.2, 0.25) is 0 Å². The average molecular weight is 428 g/mol. The molecule has 0 bridgehead atoms. The zero-order valence-electron chi connectivity index (χ0n) is 17.8. The van der Waals surface area contributed by atoms with Gasteiger partial charge in [-0.15, -0.1) is 0 Å². The van der Waals surface area contributed by atoms with Crippen molar-refractivity contribution < 1.29 is 17.9 Å². The maximum atomic E-state index is 12.6. The van der Waals surface area contributed by atoms with Crippen molar-refractivity contribution in [3.8, 4) is 5.75 Å². The van der Waals surface area contributed by atoms with E-state index in [0.717, 1.165) is 56.5 Å². The summed E-state index contributed by atoms with van der Waals surface area (Å²) in [6, 6.07) is 8.07. The van der Waals surface area contributed by atoms with Gasteiger partial charge < -0.3 is 19.9 Å². The van der Waals surface area contributed by atoms with Gasteiger partial charge in [0.15, 0.2) is 5.96 Å². The highest BCUT2D eigenvalue weighted by Crippen LogP contribution is 2.24. The SMILES string of the molecule is CCNC(=NCC1CCN(CC(F)(F)F)C1)N1CCN(c2cccc(OC)c2)CC1. The van der Waals surface area contributed by atoms with Crippen molar-refractivity contribution in [3.05, 3.63) is 24.3 Å². The van der Waals surface area contributed by atoms with Crippen LogP contribution >= 0.6 is 0 Å². The first-order valence-corrected chi connectivity index (χ1v) is 10.6. The molecule has 0 spiro atoms. The Kier molecular flexibility index (Phi) is 7.69. The van der Waals surface area contributed by atoms with Crippen LogP contribution in [0.1, 0.15) is 13.3 Å². The number of aliphatic imine (C=N–C) groups is 1. The zero-order valence-corrected chi connectivity index (χ0v) is 17.8. The molecule has 0 saturated carbocycles. The number of piperazine rings is 1. The first kappa shape index (κ1) is 22.5. The topological polar surface area (TPSA) is 43.3 Å². The molecule has 0 aromatic heterocycles. The van der Waals surface area contributed by atoms with E-state index in [0.29, 0.717) is 19.6 Å². The molecule has 30 heavy (non-hydrogen) atoms. The highest BCUT2D eigenvalue weighted by atomic mass is 19.4. The van der Waals surface area contributed by atoms with E-state index in [1.54, 1.807) is 7.11 Å². The summed E-state index contributed by atoms with van der Waals surface area (Å²) < 4.78 is 43.1. The molecule has 1 aromatic carbocycles. The van der Waals surface area contributed by atoms with E-state index in [2.05, 4.69) is 21.2 Å². The number of ether oxygens (including phenoxy) is 1. The van der Waals surface area contributed by atoms with E-state index in [1.165, 1.54) is 4.90 Å². The number of likely N-dealkylation sites (tertiary alicyclic amines) is 1. The smallest absolute Gasteiger partial charge is 0.401 e. The number of halogens is 3. The fraction of sp³-hybridized carbons (Fsp3) is 0.667. The van der Waals surface area contributed by atoms with Gasteiger partial charge in [0, 0.05) is 57.6 Å². The van der Waals surface area contributed by atoms with Crippen LogP contribution in [0.25, 0.3) is 0 Å². The minimum absolute atomic E-state index is 0.180. The summed E-state index contributed by atoms with van der Waals surface area (Å²) in [4.78, 5) is 10.8. The van der Waals surface area contributed by atoms with Crippen molar-refractivity contribution in [2.75, 3.05) is 70.9 Å². The number of hydrogen-bond acceptors (Lipinski definition) is 4. The zero-order chi connectivity index (χ0) is 21.6. The van der Waals surface area contributed by atoms with Crippen molar-refractivity contribution in [1.82, 2.24) is 15.1 Å². The quantitative estimate of drug-likeness (QED) is 0.559. The number of guanidine groups is 1. The van der Waals surface area contributed by atoms with Crippen molar-refractivity contribution in [2.24, 2.45) is 10.9 Å². The number of nitrogens with zero attached hydrogens (tertiary/aromatic N) is 4. The lowest BCUT2D eigenvalue weighted by molar-refractivity contribution is -0.143. The molecule has 2 heterocycles. The molecule has 2 aliphatic heterocycles. The van der Waals surface area contributed by atoms with Crippen LogP contribution in [0.15, 0.2) is 29.3 Å². The van der Waals surface area contributed by atoms with Crippen LogP contribution in [0, 0.1) is 5.92 Å². The van der Waals surface area contributed by atoms with Gasteiger partial charge in [-0.3, -0.25) is 9.89 Å². The lowest BCUT2D eigenvalue weighted by Crippen LogP contribution is -2.52. The Bertz CT molecular complexity index is 704. The minimum atomic E-state index is -4.13. The van der Waals surface area contributed by atoms with E-state index >= 15 is 0 Å². The Labute approximate surface area is 176 Å². The first-order chi connectivity index (χ1) is 14.4. The van der Waals surface area contributed by atoms with Crippen LogP contribution in [0.2, 0.25) is 0 Å². The molecular formula is C21H32F3N5O. The molecule has 1 aromatic rings. The second-order valence-electron chi connectivity index (χ2n) is 7.88. The predicted octanol–water partition coefficient (Wildman–Crippen LogP) is 2.67. The maximum absolute atomic E-state index is 12.6. The Morgan fingerprint density at radius 2 is 1.97 bits per heavy atom. The number of benzene rings is 1. The fourth-order valence-corrected chi connectivity index (χ4v) is 4.08. The molecule has 1 atom stereocenters. The van der Waals surface area contributed by atoms with Crippen molar-refractivity contribution in [2.45, 2.75) is 19.5 Å². The Morgan fingerprint density at radius 1 is 1.20 bits per heavy atom. The van der Waals surface area contributed by atoms with Crippen LogP contribution in [0.4, 0.5) is 18.9 Å². The molecule has 2 saturated heterocycles. The second-order valence-corrected chi connectivity index (χ2v) is 7.88. The number of alkyl halides is 3. The molecule has 2 aliphatic rings. The Morgan fingerprint density at radius 3 is 2.63 bits per heavy atom. The molecule has 9 heteroatoms. The summed E-state index contributed by atoms with van der Waals surface area (Å²) in [5, 5.41) is 3.34. The van der Waals surface area contributed by atoms with E-state index in [-0.39, 0.29) is 5.92 Å². The lowest BCUT2D eigenvalue weighted by atomic mass is 10.1. The summed E-state index contributed by atoms with van der Waals surface area (Å²) in [5.74, 6) is 1.89. The summed E-state index contributed by atoms with van der Waals surface area (Å²) >= 11 is 0. The van der Waals surface area contributed by atoms with E-state index in [4.69, 9.17) is 9.73 Å². The minimum Gasteiger partial charge on any atom is -0.497 e. The first-order valence-electron chi connectivity index (χ1n) is 10.6. The summed E-state index contributed by atoms with van der Waals surface area (Å²) in [6.45, 7) is 6.93. The van der Waals surface area contributed by atoms with Crippen LogP contribution in [0.5, 0.6) is 5.75 Å². The van der Waals surface area contributed by atoms with Gasteiger partial charge in [-0.1, -0.05) is 6.07 Å². The maximum Gasteiger partial charge on any atom is 0.401 e. The molecule has 0 amide bonds. The molecule has 168 valence electrons. The highest BCUT2D eigenvalue weighted by Gasteiger charge is 2.34. The molecule has 6 nitrogen and oxygen atoms in total. The molecule has 2 fully saturated rings. The van der Waals surface area contributed by atoms with Gasteiger partial charge in [-0.25, -0.2) is 0 Å². The molecule has 0 radical (unpaired) electrons. The van der Waals surface area contributed by atoms with Crippen molar-refractivity contribution in [3.63, 3.8) is 0 Å². The number of rotatable bonds is 6. The number of anilines is 1. The van der Waals surface area contributed by atoms with Crippen LogP contribution < -0.4 is 15.0 Å². The summed E-state index contributed by atoms with van der Waals surface area (Å²) in [6.07, 6.45) is -3.36. The van der Waals surface area contributed by atoms with Crippen molar-refractivity contribution >= 4 is 11.6 Å².